The summed E-state index contributed by atoms with van der Waals surface area (Å²) in [6, 6.07) is -0.0700. The van der Waals surface area contributed by atoms with E-state index in [1.54, 1.807) is 6.33 Å². The largest absolute Gasteiger partial charge is 0.385 e. The topological polar surface area (TPSA) is 87.0 Å². The van der Waals surface area contributed by atoms with Crippen LogP contribution in [0, 0.1) is 10.1 Å². The number of hydrogen-bond acceptors (Lipinski definition) is 4. The van der Waals surface area contributed by atoms with Gasteiger partial charge in [-0.25, -0.2) is 0 Å². The van der Waals surface area contributed by atoms with Crippen LogP contribution in [0.1, 0.15) is 31.4 Å². The smallest absolute Gasteiger partial charge is 0.358 e. The summed E-state index contributed by atoms with van der Waals surface area (Å²) in [5.41, 5.74) is 6.54. The molecular formula is C9H14N4O2. The molecule has 2 atom stereocenters. The Morgan fingerprint density at radius 3 is 3.13 bits per heavy atom. The fourth-order valence-corrected chi connectivity index (χ4v) is 2.21. The zero-order valence-corrected chi connectivity index (χ0v) is 8.59. The van der Waals surface area contributed by atoms with Crippen molar-refractivity contribution in [1.29, 1.82) is 0 Å². The van der Waals surface area contributed by atoms with Gasteiger partial charge in [-0.15, -0.1) is 0 Å². The van der Waals surface area contributed by atoms with Crippen LogP contribution in [0.2, 0.25) is 0 Å². The van der Waals surface area contributed by atoms with E-state index >= 15 is 0 Å². The molecule has 2 rings (SSSR count). The fourth-order valence-electron chi connectivity index (χ4n) is 2.21. The molecule has 6 heteroatoms. The molecule has 6 nitrogen and oxygen atoms in total. The lowest BCUT2D eigenvalue weighted by molar-refractivity contribution is -0.390. The Morgan fingerprint density at radius 1 is 1.80 bits per heavy atom. The zero-order chi connectivity index (χ0) is 11.0. The quantitative estimate of drug-likeness (QED) is 0.583. The van der Waals surface area contributed by atoms with Crippen LogP contribution in [0.15, 0.2) is 6.33 Å². The molecule has 0 bridgehead atoms. The highest BCUT2D eigenvalue weighted by atomic mass is 16.6. The average molecular weight is 210 g/mol. The lowest BCUT2D eigenvalue weighted by Gasteiger charge is -2.25. The van der Waals surface area contributed by atoms with Gasteiger partial charge in [0.1, 0.15) is 5.69 Å². The maximum atomic E-state index is 10.8. The molecule has 0 amide bonds. The molecular weight excluding hydrogens is 196 g/mol. The Kier molecular flexibility index (Phi) is 2.44. The number of nitrogens with zero attached hydrogens (tertiary/aromatic N) is 3. The summed E-state index contributed by atoms with van der Waals surface area (Å²) < 4.78 is 1.86. The summed E-state index contributed by atoms with van der Waals surface area (Å²) in [6.07, 6.45) is 3.46. The Morgan fingerprint density at radius 2 is 2.53 bits per heavy atom. The van der Waals surface area contributed by atoms with Crippen molar-refractivity contribution in [2.75, 3.05) is 0 Å². The van der Waals surface area contributed by atoms with E-state index in [1.807, 2.05) is 11.5 Å². The van der Waals surface area contributed by atoms with Gasteiger partial charge < -0.3 is 20.4 Å². The Bertz CT molecular complexity index is 385. The molecule has 0 saturated heterocycles. The number of aryl methyl sites for hydroxylation is 1. The van der Waals surface area contributed by atoms with Gasteiger partial charge in [-0.3, -0.25) is 0 Å². The van der Waals surface area contributed by atoms with Crippen LogP contribution < -0.4 is 5.73 Å². The van der Waals surface area contributed by atoms with Gasteiger partial charge in [-0.05, 0) is 29.7 Å². The molecule has 1 aromatic heterocycles. The first-order valence-electron chi connectivity index (χ1n) is 5.06. The van der Waals surface area contributed by atoms with E-state index in [9.17, 15) is 10.1 Å². The van der Waals surface area contributed by atoms with Crippen molar-refractivity contribution in [1.82, 2.24) is 9.55 Å². The molecule has 2 unspecified atom stereocenters. The molecule has 1 aliphatic heterocycles. The minimum atomic E-state index is -0.424. The van der Waals surface area contributed by atoms with E-state index in [-0.39, 0.29) is 17.8 Å². The van der Waals surface area contributed by atoms with Crippen molar-refractivity contribution >= 4 is 5.82 Å². The zero-order valence-electron chi connectivity index (χ0n) is 8.59. The van der Waals surface area contributed by atoms with E-state index in [1.165, 1.54) is 0 Å². The van der Waals surface area contributed by atoms with Crippen molar-refractivity contribution in [2.45, 2.75) is 38.3 Å². The van der Waals surface area contributed by atoms with Gasteiger partial charge >= 0.3 is 5.82 Å². The van der Waals surface area contributed by atoms with E-state index in [4.69, 9.17) is 5.73 Å². The number of aromatic nitrogens is 2. The van der Waals surface area contributed by atoms with Gasteiger partial charge in [-0.1, -0.05) is 0 Å². The minimum Gasteiger partial charge on any atom is -0.358 e. The third kappa shape index (κ3) is 1.61. The van der Waals surface area contributed by atoms with Crippen LogP contribution in [0.5, 0.6) is 0 Å². The van der Waals surface area contributed by atoms with Crippen LogP contribution in [-0.4, -0.2) is 20.5 Å². The second kappa shape index (κ2) is 3.62. The van der Waals surface area contributed by atoms with Crippen molar-refractivity contribution in [3.63, 3.8) is 0 Å². The Hall–Kier alpha value is -1.43. The second-order valence-corrected chi connectivity index (χ2v) is 4.01. The molecule has 0 aliphatic carbocycles. The van der Waals surface area contributed by atoms with Gasteiger partial charge in [0.2, 0.25) is 6.33 Å². The normalized spacial score (nSPS) is 22.1. The highest BCUT2D eigenvalue weighted by molar-refractivity contribution is 5.32. The van der Waals surface area contributed by atoms with Crippen molar-refractivity contribution in [2.24, 2.45) is 5.73 Å². The first-order valence-corrected chi connectivity index (χ1v) is 5.06. The summed E-state index contributed by atoms with van der Waals surface area (Å²) in [5.74, 6) is 0.0265. The predicted octanol–water partition coefficient (Wildman–Crippen LogP) is 1.02. The van der Waals surface area contributed by atoms with Crippen LogP contribution in [-0.2, 0) is 6.54 Å². The summed E-state index contributed by atoms with van der Waals surface area (Å²) in [6.45, 7) is 2.69. The maximum Gasteiger partial charge on any atom is 0.385 e. The minimum absolute atomic E-state index is 0.0306. The van der Waals surface area contributed by atoms with E-state index in [0.29, 0.717) is 5.69 Å². The van der Waals surface area contributed by atoms with Crippen LogP contribution >= 0.6 is 0 Å². The highest BCUT2D eigenvalue weighted by Gasteiger charge is 2.33. The van der Waals surface area contributed by atoms with E-state index in [0.717, 1.165) is 19.4 Å². The summed E-state index contributed by atoms with van der Waals surface area (Å²) in [4.78, 5) is 14.2. The number of nitrogens with two attached hydrogens (primary N) is 1. The predicted molar refractivity (Wildman–Crippen MR) is 54.5 cm³/mol. The summed E-state index contributed by atoms with van der Waals surface area (Å²) >= 11 is 0. The lowest BCUT2D eigenvalue weighted by atomic mass is 9.90. The summed E-state index contributed by atoms with van der Waals surface area (Å²) in [7, 11) is 0. The lowest BCUT2D eigenvalue weighted by Crippen LogP contribution is -2.30. The first kappa shape index (κ1) is 10.1. The number of fused-ring (bicyclic) bond motifs is 1. The molecule has 0 fully saturated rings. The van der Waals surface area contributed by atoms with E-state index in [2.05, 4.69) is 4.98 Å². The third-order valence-corrected chi connectivity index (χ3v) is 2.93. The van der Waals surface area contributed by atoms with Gasteiger partial charge in [0.25, 0.3) is 0 Å². The van der Waals surface area contributed by atoms with Gasteiger partial charge in [-0.2, -0.15) is 0 Å². The van der Waals surface area contributed by atoms with Gasteiger partial charge in [0, 0.05) is 18.5 Å². The Labute approximate surface area is 87.2 Å². The van der Waals surface area contributed by atoms with Crippen LogP contribution in [0.3, 0.4) is 0 Å². The summed E-state index contributed by atoms with van der Waals surface area (Å²) in [5, 5.41) is 10.8. The molecule has 2 N–H and O–H groups in total. The van der Waals surface area contributed by atoms with E-state index < -0.39 is 4.92 Å². The second-order valence-electron chi connectivity index (χ2n) is 4.01. The monoisotopic (exact) mass is 210 g/mol. The molecule has 82 valence electrons. The molecule has 0 radical (unpaired) electrons. The molecule has 1 aliphatic rings. The molecule has 2 heterocycles. The molecule has 1 aromatic rings. The SMILES string of the molecule is CC(N)C1CCCn2cnc([N+](=O)[O-])c21. The van der Waals surface area contributed by atoms with Crippen LogP contribution in [0.25, 0.3) is 0 Å². The number of nitro groups is 1. The Balaban J connectivity index is 2.47. The first-order chi connectivity index (χ1) is 7.11. The fraction of sp³-hybridized carbons (Fsp3) is 0.667. The average Bonchev–Trinajstić information content (AvgIpc) is 2.60. The van der Waals surface area contributed by atoms with Gasteiger partial charge in [0.05, 0.1) is 0 Å². The number of rotatable bonds is 2. The third-order valence-electron chi connectivity index (χ3n) is 2.93. The molecule has 0 aromatic carbocycles. The molecule has 0 saturated carbocycles. The van der Waals surface area contributed by atoms with Crippen molar-refractivity contribution < 1.29 is 4.92 Å². The van der Waals surface area contributed by atoms with Crippen molar-refractivity contribution in [3.05, 3.63) is 22.1 Å². The highest BCUT2D eigenvalue weighted by Crippen LogP contribution is 2.34. The molecule has 0 spiro atoms. The van der Waals surface area contributed by atoms with Gasteiger partial charge in [0.15, 0.2) is 0 Å². The maximum absolute atomic E-state index is 10.8. The van der Waals surface area contributed by atoms with Crippen molar-refractivity contribution in [3.8, 4) is 0 Å². The standard InChI is InChI=1S/C9H14N4O2/c1-6(10)7-3-2-4-12-5-11-9(8(7)12)13(14)15/h5-7H,2-4,10H2,1H3. The number of hydrogen-bond donors (Lipinski definition) is 1. The van der Waals surface area contributed by atoms with Crippen LogP contribution in [0.4, 0.5) is 5.82 Å². The molecule has 15 heavy (non-hydrogen) atoms. The number of imidazole rings is 1.